The molecule has 15 heavy (non-hydrogen) atoms. The smallest absolute Gasteiger partial charge is 0.146 e. The number of hydrogen-bond acceptors (Lipinski definition) is 2. The van der Waals surface area contributed by atoms with Crippen molar-refractivity contribution in [1.29, 1.82) is 0 Å². The van der Waals surface area contributed by atoms with Crippen LogP contribution in [0.3, 0.4) is 0 Å². The summed E-state index contributed by atoms with van der Waals surface area (Å²) < 4.78 is 13.8. The van der Waals surface area contributed by atoms with Crippen LogP contribution in [0.25, 0.3) is 0 Å². The van der Waals surface area contributed by atoms with Crippen molar-refractivity contribution < 1.29 is 4.39 Å². The highest BCUT2D eigenvalue weighted by Gasteiger charge is 2.16. The van der Waals surface area contributed by atoms with Crippen LogP contribution < -0.4 is 10.6 Å². The Bertz CT molecular complexity index is 343. The molecule has 82 valence electrons. The van der Waals surface area contributed by atoms with Crippen LogP contribution >= 0.6 is 0 Å². The van der Waals surface area contributed by atoms with Crippen LogP contribution in [0.5, 0.6) is 0 Å². The molecule has 1 aliphatic rings. The lowest BCUT2D eigenvalue weighted by Gasteiger charge is -2.19. The standard InChI is InChI=1S/C12H17FN2/c1-9(14)10-4-5-12(11(13)8-10)15-6-2-3-7-15/h4-5,8-9H,2-3,6-7,14H2,1H3/t9-/m0/s1. The molecule has 2 rings (SSSR count). The molecule has 3 heteroatoms. The lowest BCUT2D eigenvalue weighted by Crippen LogP contribution is -2.19. The summed E-state index contributed by atoms with van der Waals surface area (Å²) in [5, 5.41) is 0. The second kappa shape index (κ2) is 4.19. The van der Waals surface area contributed by atoms with Crippen LogP contribution in [0.4, 0.5) is 10.1 Å². The molecule has 0 spiro atoms. The average Bonchev–Trinajstić information content (AvgIpc) is 2.70. The van der Waals surface area contributed by atoms with E-state index in [-0.39, 0.29) is 11.9 Å². The average molecular weight is 208 g/mol. The summed E-state index contributed by atoms with van der Waals surface area (Å²) in [6.45, 7) is 3.80. The zero-order chi connectivity index (χ0) is 10.8. The van der Waals surface area contributed by atoms with Gasteiger partial charge in [0.25, 0.3) is 0 Å². The summed E-state index contributed by atoms with van der Waals surface area (Å²) in [5.41, 5.74) is 7.28. The van der Waals surface area contributed by atoms with E-state index >= 15 is 0 Å². The highest BCUT2D eigenvalue weighted by molar-refractivity contribution is 5.50. The second-order valence-electron chi connectivity index (χ2n) is 4.19. The maximum atomic E-state index is 13.8. The highest BCUT2D eigenvalue weighted by atomic mass is 19.1. The predicted molar refractivity (Wildman–Crippen MR) is 60.4 cm³/mol. The Morgan fingerprint density at radius 3 is 2.53 bits per heavy atom. The lowest BCUT2D eigenvalue weighted by molar-refractivity contribution is 0.618. The zero-order valence-corrected chi connectivity index (χ0v) is 9.04. The number of halogens is 1. The maximum absolute atomic E-state index is 13.8. The quantitative estimate of drug-likeness (QED) is 0.808. The van der Waals surface area contributed by atoms with E-state index in [1.807, 2.05) is 19.1 Å². The third-order valence-corrected chi connectivity index (χ3v) is 2.94. The van der Waals surface area contributed by atoms with Crippen molar-refractivity contribution in [2.75, 3.05) is 18.0 Å². The van der Waals surface area contributed by atoms with Crippen molar-refractivity contribution in [2.45, 2.75) is 25.8 Å². The van der Waals surface area contributed by atoms with Gasteiger partial charge in [-0.3, -0.25) is 0 Å². The molecule has 2 nitrogen and oxygen atoms in total. The predicted octanol–water partition coefficient (Wildman–Crippen LogP) is 2.45. The van der Waals surface area contributed by atoms with Crippen LogP contribution in [-0.4, -0.2) is 13.1 Å². The minimum Gasteiger partial charge on any atom is -0.369 e. The van der Waals surface area contributed by atoms with Gasteiger partial charge in [0.2, 0.25) is 0 Å². The van der Waals surface area contributed by atoms with Gasteiger partial charge in [-0.15, -0.1) is 0 Å². The number of rotatable bonds is 2. The van der Waals surface area contributed by atoms with Crippen molar-refractivity contribution in [3.63, 3.8) is 0 Å². The molecule has 0 unspecified atom stereocenters. The number of nitrogens with two attached hydrogens (primary N) is 1. The molecule has 1 fully saturated rings. The number of nitrogens with zero attached hydrogens (tertiary/aromatic N) is 1. The van der Waals surface area contributed by atoms with Gasteiger partial charge in [-0.1, -0.05) is 6.07 Å². The van der Waals surface area contributed by atoms with Crippen LogP contribution in [0, 0.1) is 5.82 Å². The second-order valence-corrected chi connectivity index (χ2v) is 4.19. The molecule has 1 aliphatic heterocycles. The molecule has 1 aromatic rings. The lowest BCUT2D eigenvalue weighted by atomic mass is 10.1. The van der Waals surface area contributed by atoms with E-state index in [0.29, 0.717) is 0 Å². The first kappa shape index (κ1) is 10.4. The number of anilines is 1. The third-order valence-electron chi connectivity index (χ3n) is 2.94. The summed E-state index contributed by atoms with van der Waals surface area (Å²) in [6, 6.07) is 5.21. The fraction of sp³-hybridized carbons (Fsp3) is 0.500. The van der Waals surface area contributed by atoms with Crippen molar-refractivity contribution in [2.24, 2.45) is 5.73 Å². The highest BCUT2D eigenvalue weighted by Crippen LogP contribution is 2.25. The molecule has 2 N–H and O–H groups in total. The molecule has 0 aliphatic carbocycles. The Kier molecular flexibility index (Phi) is 2.91. The van der Waals surface area contributed by atoms with E-state index in [1.165, 1.54) is 0 Å². The molecule has 0 radical (unpaired) electrons. The minimum atomic E-state index is -0.147. The molecule has 0 aromatic heterocycles. The van der Waals surface area contributed by atoms with Crippen LogP contribution in [0.1, 0.15) is 31.4 Å². The molecule has 1 atom stereocenters. The monoisotopic (exact) mass is 208 g/mol. The largest absolute Gasteiger partial charge is 0.369 e. The van der Waals surface area contributed by atoms with Gasteiger partial charge in [-0.25, -0.2) is 4.39 Å². The normalized spacial score (nSPS) is 18.2. The Balaban J connectivity index is 2.25. The summed E-state index contributed by atoms with van der Waals surface area (Å²) in [6.07, 6.45) is 2.32. The molecule has 1 aromatic carbocycles. The van der Waals surface area contributed by atoms with E-state index < -0.39 is 0 Å². The summed E-state index contributed by atoms with van der Waals surface area (Å²) in [5.74, 6) is -0.147. The zero-order valence-electron chi connectivity index (χ0n) is 9.04. The SMILES string of the molecule is C[C@H](N)c1ccc(N2CCCC2)c(F)c1. The Labute approximate surface area is 89.9 Å². The van der Waals surface area contributed by atoms with Gasteiger partial charge in [0.15, 0.2) is 0 Å². The minimum absolute atomic E-state index is 0.105. The summed E-state index contributed by atoms with van der Waals surface area (Å²) >= 11 is 0. The molecular formula is C12H17FN2. The van der Waals surface area contributed by atoms with Crippen LogP contribution in [0.2, 0.25) is 0 Å². The van der Waals surface area contributed by atoms with E-state index in [4.69, 9.17) is 5.73 Å². The Hall–Kier alpha value is -1.09. The van der Waals surface area contributed by atoms with Crippen LogP contribution in [-0.2, 0) is 0 Å². The van der Waals surface area contributed by atoms with Crippen molar-refractivity contribution in [1.82, 2.24) is 0 Å². The Morgan fingerprint density at radius 1 is 1.33 bits per heavy atom. The molecule has 0 bridgehead atoms. The fourth-order valence-electron chi connectivity index (χ4n) is 2.02. The van der Waals surface area contributed by atoms with E-state index in [9.17, 15) is 4.39 Å². The first-order valence-electron chi connectivity index (χ1n) is 5.48. The van der Waals surface area contributed by atoms with Crippen molar-refractivity contribution >= 4 is 5.69 Å². The van der Waals surface area contributed by atoms with Gasteiger partial charge in [-0.05, 0) is 37.5 Å². The first-order chi connectivity index (χ1) is 7.18. The van der Waals surface area contributed by atoms with Gasteiger partial charge in [0.1, 0.15) is 5.82 Å². The van der Waals surface area contributed by atoms with Gasteiger partial charge in [-0.2, -0.15) is 0 Å². The van der Waals surface area contributed by atoms with E-state index in [0.717, 1.165) is 37.2 Å². The first-order valence-corrected chi connectivity index (χ1v) is 5.48. The summed E-state index contributed by atoms with van der Waals surface area (Å²) in [7, 11) is 0. The molecule has 0 amide bonds. The number of hydrogen-bond donors (Lipinski definition) is 1. The fourth-order valence-corrected chi connectivity index (χ4v) is 2.02. The van der Waals surface area contributed by atoms with Gasteiger partial charge in [0, 0.05) is 19.1 Å². The van der Waals surface area contributed by atoms with E-state index in [1.54, 1.807) is 6.07 Å². The molecular weight excluding hydrogens is 191 g/mol. The topological polar surface area (TPSA) is 29.3 Å². The van der Waals surface area contributed by atoms with E-state index in [2.05, 4.69) is 4.90 Å². The van der Waals surface area contributed by atoms with Crippen LogP contribution in [0.15, 0.2) is 18.2 Å². The summed E-state index contributed by atoms with van der Waals surface area (Å²) in [4.78, 5) is 2.10. The third kappa shape index (κ3) is 2.12. The molecule has 1 heterocycles. The molecule has 1 saturated heterocycles. The molecule has 0 saturated carbocycles. The number of benzene rings is 1. The van der Waals surface area contributed by atoms with Gasteiger partial charge in [0.05, 0.1) is 5.69 Å². The van der Waals surface area contributed by atoms with Crippen molar-refractivity contribution in [3.05, 3.63) is 29.6 Å². The van der Waals surface area contributed by atoms with Gasteiger partial charge >= 0.3 is 0 Å². The van der Waals surface area contributed by atoms with Gasteiger partial charge < -0.3 is 10.6 Å². The Morgan fingerprint density at radius 2 is 2.00 bits per heavy atom. The maximum Gasteiger partial charge on any atom is 0.146 e. The van der Waals surface area contributed by atoms with Crippen molar-refractivity contribution in [3.8, 4) is 0 Å².